The maximum Gasteiger partial charge on any atom is 0.174 e. The molecule has 138 valence electrons. The molecule has 5 heteroatoms. The molecule has 0 bridgehead atoms. The van der Waals surface area contributed by atoms with Crippen molar-refractivity contribution >= 4 is 23.0 Å². The van der Waals surface area contributed by atoms with E-state index in [0.29, 0.717) is 10.7 Å². The number of thiocarbonyl (C=S) groups is 1. The zero-order chi connectivity index (χ0) is 19.0. The third-order valence-corrected chi connectivity index (χ3v) is 5.47. The van der Waals surface area contributed by atoms with Gasteiger partial charge >= 0.3 is 0 Å². The van der Waals surface area contributed by atoms with Gasteiger partial charge in [0.25, 0.3) is 0 Å². The van der Waals surface area contributed by atoms with Gasteiger partial charge in [-0.25, -0.2) is 4.39 Å². The number of halogens is 1. The van der Waals surface area contributed by atoms with Crippen LogP contribution in [-0.2, 0) is 6.54 Å². The molecule has 0 saturated heterocycles. The number of anilines is 1. The Morgan fingerprint density at radius 2 is 1.89 bits per heavy atom. The van der Waals surface area contributed by atoms with Gasteiger partial charge in [0.15, 0.2) is 5.11 Å². The van der Waals surface area contributed by atoms with Crippen LogP contribution in [0.25, 0.3) is 0 Å². The van der Waals surface area contributed by atoms with Gasteiger partial charge in [0.05, 0.1) is 6.04 Å². The molecule has 0 aliphatic carbocycles. The summed E-state index contributed by atoms with van der Waals surface area (Å²) in [6.45, 7) is 5.66. The van der Waals surface area contributed by atoms with Crippen LogP contribution in [0.1, 0.15) is 28.4 Å². The molecule has 27 heavy (non-hydrogen) atoms. The van der Waals surface area contributed by atoms with E-state index >= 15 is 0 Å². The number of rotatable bonds is 2. The SMILES string of the molecule is Cc1ccc(C)c(NC(=S)N2CCn3cccc3[C@H]2c2ccccc2F)c1. The summed E-state index contributed by atoms with van der Waals surface area (Å²) < 4.78 is 16.8. The first-order valence-corrected chi connectivity index (χ1v) is 9.50. The van der Waals surface area contributed by atoms with E-state index in [1.165, 1.54) is 11.6 Å². The summed E-state index contributed by atoms with van der Waals surface area (Å²) in [5.41, 5.74) is 4.99. The van der Waals surface area contributed by atoms with Crippen molar-refractivity contribution in [2.45, 2.75) is 26.4 Å². The van der Waals surface area contributed by atoms with Crippen LogP contribution in [-0.4, -0.2) is 21.1 Å². The molecule has 3 nitrogen and oxygen atoms in total. The third kappa shape index (κ3) is 3.35. The van der Waals surface area contributed by atoms with E-state index in [1.807, 2.05) is 30.5 Å². The molecule has 2 aromatic carbocycles. The maximum absolute atomic E-state index is 14.7. The number of hydrogen-bond acceptors (Lipinski definition) is 1. The van der Waals surface area contributed by atoms with Crippen LogP contribution in [0.5, 0.6) is 0 Å². The summed E-state index contributed by atoms with van der Waals surface area (Å²) in [5.74, 6) is -0.211. The topological polar surface area (TPSA) is 20.2 Å². The minimum absolute atomic E-state index is 0.211. The van der Waals surface area contributed by atoms with Crippen molar-refractivity contribution in [2.24, 2.45) is 0 Å². The highest BCUT2D eigenvalue weighted by Crippen LogP contribution is 2.34. The maximum atomic E-state index is 14.7. The molecular formula is C22H22FN3S. The zero-order valence-corrected chi connectivity index (χ0v) is 16.3. The fraction of sp³-hybridized carbons (Fsp3) is 0.227. The zero-order valence-electron chi connectivity index (χ0n) is 15.4. The van der Waals surface area contributed by atoms with Gasteiger partial charge in [0, 0.05) is 36.2 Å². The Hall–Kier alpha value is -2.66. The Labute approximate surface area is 164 Å². The van der Waals surface area contributed by atoms with Crippen molar-refractivity contribution in [3.05, 3.63) is 89.0 Å². The summed E-state index contributed by atoms with van der Waals surface area (Å²) >= 11 is 5.77. The number of nitrogens with zero attached hydrogens (tertiary/aromatic N) is 2. The molecule has 0 spiro atoms. The van der Waals surface area contributed by atoms with Crippen LogP contribution in [0.15, 0.2) is 60.8 Å². The molecule has 0 fully saturated rings. The highest BCUT2D eigenvalue weighted by molar-refractivity contribution is 7.80. The minimum atomic E-state index is -0.250. The molecule has 1 aliphatic heterocycles. The van der Waals surface area contributed by atoms with E-state index in [0.717, 1.165) is 30.0 Å². The van der Waals surface area contributed by atoms with Crippen molar-refractivity contribution in [1.82, 2.24) is 9.47 Å². The fourth-order valence-electron chi connectivity index (χ4n) is 3.68. The second-order valence-electron chi connectivity index (χ2n) is 6.99. The highest BCUT2D eigenvalue weighted by atomic mass is 32.1. The van der Waals surface area contributed by atoms with E-state index in [1.54, 1.807) is 6.07 Å². The Kier molecular flexibility index (Phi) is 4.70. The first-order chi connectivity index (χ1) is 13.0. The molecule has 1 aromatic heterocycles. The van der Waals surface area contributed by atoms with Gasteiger partial charge in [-0.15, -0.1) is 0 Å². The second-order valence-corrected chi connectivity index (χ2v) is 7.38. The number of aromatic nitrogens is 1. The number of nitrogens with one attached hydrogen (secondary N) is 1. The van der Waals surface area contributed by atoms with Crippen LogP contribution in [0, 0.1) is 19.7 Å². The van der Waals surface area contributed by atoms with Crippen LogP contribution in [0.4, 0.5) is 10.1 Å². The molecule has 4 rings (SSSR count). The van der Waals surface area contributed by atoms with E-state index in [4.69, 9.17) is 12.2 Å². The fourth-order valence-corrected chi connectivity index (χ4v) is 3.99. The standard InChI is InChI=1S/C22H22FN3S/c1-15-9-10-16(2)19(14-15)24-22(27)26-13-12-25-11-5-8-20(25)21(26)17-6-3-4-7-18(17)23/h3-11,14,21H,12-13H2,1-2H3,(H,24,27)/t21-/m1/s1. The molecule has 1 aliphatic rings. The largest absolute Gasteiger partial charge is 0.348 e. The predicted octanol–water partition coefficient (Wildman–Crippen LogP) is 5.05. The van der Waals surface area contributed by atoms with E-state index in [2.05, 4.69) is 46.8 Å². The van der Waals surface area contributed by atoms with Crippen molar-refractivity contribution in [3.63, 3.8) is 0 Å². The Bertz CT molecular complexity index is 995. The molecule has 0 unspecified atom stereocenters. The predicted molar refractivity (Wildman–Crippen MR) is 112 cm³/mol. The number of benzene rings is 2. The number of hydrogen-bond donors (Lipinski definition) is 1. The quantitative estimate of drug-likeness (QED) is 0.630. The van der Waals surface area contributed by atoms with Crippen molar-refractivity contribution < 1.29 is 4.39 Å². The van der Waals surface area contributed by atoms with Crippen LogP contribution < -0.4 is 5.32 Å². The van der Waals surface area contributed by atoms with Crippen LogP contribution in [0.2, 0.25) is 0 Å². The van der Waals surface area contributed by atoms with E-state index in [-0.39, 0.29) is 11.9 Å². The summed E-state index contributed by atoms with van der Waals surface area (Å²) in [6, 6.07) is 17.0. The molecule has 1 N–H and O–H groups in total. The molecule has 0 saturated carbocycles. The van der Waals surface area contributed by atoms with Crippen LogP contribution in [0.3, 0.4) is 0 Å². The van der Waals surface area contributed by atoms with E-state index < -0.39 is 0 Å². The third-order valence-electron chi connectivity index (χ3n) is 5.13. The van der Waals surface area contributed by atoms with Gasteiger partial charge < -0.3 is 14.8 Å². The smallest absolute Gasteiger partial charge is 0.174 e. The average molecular weight is 380 g/mol. The van der Waals surface area contributed by atoms with Crippen molar-refractivity contribution in [1.29, 1.82) is 0 Å². The summed E-state index contributed by atoms with van der Waals surface area (Å²) in [4.78, 5) is 2.09. The summed E-state index contributed by atoms with van der Waals surface area (Å²) in [5, 5.41) is 4.00. The Balaban J connectivity index is 1.71. The molecule has 1 atom stereocenters. The monoisotopic (exact) mass is 379 g/mol. The van der Waals surface area contributed by atoms with Crippen LogP contribution >= 0.6 is 12.2 Å². The lowest BCUT2D eigenvalue weighted by Gasteiger charge is -2.39. The average Bonchev–Trinajstić information content (AvgIpc) is 3.13. The minimum Gasteiger partial charge on any atom is -0.348 e. The first-order valence-electron chi connectivity index (χ1n) is 9.09. The molecule has 0 amide bonds. The first kappa shape index (κ1) is 17.7. The Morgan fingerprint density at radius 3 is 2.70 bits per heavy atom. The molecule has 3 aromatic rings. The lowest BCUT2D eigenvalue weighted by molar-refractivity contribution is 0.288. The normalized spacial score (nSPS) is 16.1. The summed E-state index contributed by atoms with van der Waals surface area (Å²) in [7, 11) is 0. The van der Waals surface area contributed by atoms with E-state index in [9.17, 15) is 4.39 Å². The molecule has 2 heterocycles. The Morgan fingerprint density at radius 1 is 1.07 bits per heavy atom. The van der Waals surface area contributed by atoms with Gasteiger partial charge in [-0.1, -0.05) is 30.3 Å². The van der Waals surface area contributed by atoms with Gasteiger partial charge in [-0.3, -0.25) is 0 Å². The van der Waals surface area contributed by atoms with Crippen molar-refractivity contribution in [3.8, 4) is 0 Å². The summed E-state index contributed by atoms with van der Waals surface area (Å²) in [6.07, 6.45) is 2.04. The van der Waals surface area contributed by atoms with Gasteiger partial charge in [0.1, 0.15) is 5.82 Å². The molecular weight excluding hydrogens is 357 g/mol. The highest BCUT2D eigenvalue weighted by Gasteiger charge is 2.32. The van der Waals surface area contributed by atoms with Gasteiger partial charge in [-0.2, -0.15) is 0 Å². The molecule has 0 radical (unpaired) electrons. The lowest BCUT2D eigenvalue weighted by Crippen LogP contribution is -2.44. The number of fused-ring (bicyclic) bond motifs is 1. The van der Waals surface area contributed by atoms with Gasteiger partial charge in [-0.05, 0) is 61.5 Å². The second kappa shape index (κ2) is 7.16. The van der Waals surface area contributed by atoms with Crippen molar-refractivity contribution in [2.75, 3.05) is 11.9 Å². The van der Waals surface area contributed by atoms with Gasteiger partial charge in [0.2, 0.25) is 0 Å². The number of aryl methyl sites for hydroxylation is 2. The lowest BCUT2D eigenvalue weighted by atomic mass is 9.99.